The fourth-order valence-electron chi connectivity index (χ4n) is 3.15. The highest BCUT2D eigenvalue weighted by molar-refractivity contribution is 7.14. The van der Waals surface area contributed by atoms with Crippen molar-refractivity contribution in [3.63, 3.8) is 0 Å². The molecule has 0 radical (unpaired) electrons. The van der Waals surface area contributed by atoms with Crippen LogP contribution in [0.4, 0.5) is 0 Å². The first kappa shape index (κ1) is 13.9. The number of hydrogen-bond donors (Lipinski definition) is 1. The Balaban J connectivity index is 1.59. The highest BCUT2D eigenvalue weighted by Crippen LogP contribution is 2.40. The van der Waals surface area contributed by atoms with Crippen LogP contribution in [-0.4, -0.2) is 44.1 Å². The molecule has 1 amide bonds. The van der Waals surface area contributed by atoms with Crippen LogP contribution in [0.2, 0.25) is 0 Å². The summed E-state index contributed by atoms with van der Waals surface area (Å²) in [6.45, 7) is 4.03. The molecule has 2 aliphatic rings. The van der Waals surface area contributed by atoms with Crippen molar-refractivity contribution in [3.8, 4) is 5.75 Å². The van der Waals surface area contributed by atoms with E-state index in [4.69, 9.17) is 4.74 Å². The molecular weight excluding hydrogens is 272 g/mol. The van der Waals surface area contributed by atoms with Gasteiger partial charge in [-0.3, -0.25) is 4.79 Å². The van der Waals surface area contributed by atoms with Gasteiger partial charge >= 0.3 is 0 Å². The highest BCUT2D eigenvalue weighted by Gasteiger charge is 2.26. The predicted molar refractivity (Wildman–Crippen MR) is 80.9 cm³/mol. The lowest BCUT2D eigenvalue weighted by atomic mass is 10.2. The van der Waals surface area contributed by atoms with Crippen molar-refractivity contribution < 1.29 is 9.53 Å². The molecule has 1 aliphatic heterocycles. The van der Waals surface area contributed by atoms with E-state index in [0.29, 0.717) is 0 Å². The molecule has 1 aliphatic carbocycles. The van der Waals surface area contributed by atoms with E-state index >= 15 is 0 Å². The second kappa shape index (κ2) is 6.14. The van der Waals surface area contributed by atoms with Crippen molar-refractivity contribution >= 4 is 17.2 Å². The van der Waals surface area contributed by atoms with Crippen LogP contribution in [0, 0.1) is 0 Å². The number of likely N-dealkylation sites (tertiary alicyclic amines) is 1. The first-order valence-corrected chi connectivity index (χ1v) is 8.30. The van der Waals surface area contributed by atoms with Crippen LogP contribution in [-0.2, 0) is 12.8 Å². The molecule has 110 valence electrons. The van der Waals surface area contributed by atoms with Gasteiger partial charge in [0, 0.05) is 23.5 Å². The molecule has 1 N–H and O–H groups in total. The molecule has 5 heteroatoms. The van der Waals surface area contributed by atoms with Crippen molar-refractivity contribution in [3.05, 3.63) is 15.3 Å². The molecule has 1 fully saturated rings. The molecule has 2 heterocycles. The lowest BCUT2D eigenvalue weighted by Crippen LogP contribution is -2.33. The average molecular weight is 294 g/mol. The first-order chi connectivity index (χ1) is 9.79. The highest BCUT2D eigenvalue weighted by atomic mass is 32.1. The number of carbonyl (C=O) groups excluding carboxylic acids is 1. The Hall–Kier alpha value is -1.07. The number of thiophene rings is 1. The van der Waals surface area contributed by atoms with Gasteiger partial charge in [0.15, 0.2) is 0 Å². The van der Waals surface area contributed by atoms with Gasteiger partial charge < -0.3 is 15.0 Å². The predicted octanol–water partition coefficient (Wildman–Crippen LogP) is 2.07. The van der Waals surface area contributed by atoms with E-state index in [0.717, 1.165) is 36.6 Å². The van der Waals surface area contributed by atoms with Gasteiger partial charge in [0.2, 0.25) is 0 Å². The minimum atomic E-state index is 0.0282. The lowest BCUT2D eigenvalue weighted by Gasteiger charge is -2.14. The van der Waals surface area contributed by atoms with Crippen LogP contribution in [0.25, 0.3) is 0 Å². The Morgan fingerprint density at radius 1 is 1.30 bits per heavy atom. The summed E-state index contributed by atoms with van der Waals surface area (Å²) in [6, 6.07) is 0. The number of methoxy groups -OCH3 is 1. The van der Waals surface area contributed by atoms with E-state index in [1.54, 1.807) is 18.4 Å². The van der Waals surface area contributed by atoms with E-state index in [1.165, 1.54) is 42.8 Å². The lowest BCUT2D eigenvalue weighted by molar-refractivity contribution is 0.0951. The second-order valence-corrected chi connectivity index (χ2v) is 6.63. The fraction of sp³-hybridized carbons (Fsp3) is 0.667. The molecule has 0 unspecified atom stereocenters. The van der Waals surface area contributed by atoms with E-state index in [9.17, 15) is 4.79 Å². The molecular formula is C15H22N2O2S. The summed E-state index contributed by atoms with van der Waals surface area (Å²) < 4.78 is 5.47. The molecule has 20 heavy (non-hydrogen) atoms. The van der Waals surface area contributed by atoms with E-state index < -0.39 is 0 Å². The smallest absolute Gasteiger partial charge is 0.265 e. The quantitative estimate of drug-likeness (QED) is 0.904. The minimum absolute atomic E-state index is 0.0282. The van der Waals surface area contributed by atoms with Crippen molar-refractivity contribution in [2.24, 2.45) is 0 Å². The molecule has 3 rings (SSSR count). The second-order valence-electron chi connectivity index (χ2n) is 5.52. The Kier molecular flexibility index (Phi) is 4.27. The molecule has 1 aromatic heterocycles. The summed E-state index contributed by atoms with van der Waals surface area (Å²) in [5, 5.41) is 3.04. The third-order valence-electron chi connectivity index (χ3n) is 4.20. The third-order valence-corrected chi connectivity index (χ3v) is 5.47. The molecule has 0 saturated carbocycles. The van der Waals surface area contributed by atoms with Crippen LogP contribution in [0.15, 0.2) is 0 Å². The Morgan fingerprint density at radius 3 is 2.85 bits per heavy atom. The summed E-state index contributed by atoms with van der Waals surface area (Å²) >= 11 is 1.61. The van der Waals surface area contributed by atoms with Crippen molar-refractivity contribution in [1.29, 1.82) is 0 Å². The van der Waals surface area contributed by atoms with Crippen LogP contribution in [0.5, 0.6) is 5.75 Å². The largest absolute Gasteiger partial charge is 0.495 e. The first-order valence-electron chi connectivity index (χ1n) is 7.48. The Bertz CT molecular complexity index is 492. The number of nitrogens with zero attached hydrogens (tertiary/aromatic N) is 1. The van der Waals surface area contributed by atoms with Crippen LogP contribution < -0.4 is 10.1 Å². The van der Waals surface area contributed by atoms with Gasteiger partial charge in [0.05, 0.1) is 7.11 Å². The van der Waals surface area contributed by atoms with Crippen LogP contribution >= 0.6 is 11.3 Å². The van der Waals surface area contributed by atoms with Gasteiger partial charge in [-0.15, -0.1) is 11.3 Å². The fourth-order valence-corrected chi connectivity index (χ4v) is 4.43. The Morgan fingerprint density at radius 2 is 2.10 bits per heavy atom. The van der Waals surface area contributed by atoms with Gasteiger partial charge in [-0.1, -0.05) is 0 Å². The van der Waals surface area contributed by atoms with Crippen LogP contribution in [0.3, 0.4) is 0 Å². The summed E-state index contributed by atoms with van der Waals surface area (Å²) in [5.41, 5.74) is 1.27. The minimum Gasteiger partial charge on any atom is -0.495 e. The molecule has 0 atom stereocenters. The number of carbonyl (C=O) groups is 1. The average Bonchev–Trinajstić information content (AvgIpc) is 3.14. The van der Waals surface area contributed by atoms with Gasteiger partial charge in [-0.25, -0.2) is 0 Å². The van der Waals surface area contributed by atoms with Gasteiger partial charge in [0.25, 0.3) is 5.91 Å². The van der Waals surface area contributed by atoms with Gasteiger partial charge in [-0.2, -0.15) is 0 Å². The maximum absolute atomic E-state index is 12.3. The number of nitrogens with one attached hydrogen (secondary N) is 1. The van der Waals surface area contributed by atoms with Gasteiger partial charge in [0.1, 0.15) is 10.6 Å². The number of ether oxygens (including phenoxy) is 1. The number of fused-ring (bicyclic) bond motifs is 1. The van der Waals surface area contributed by atoms with Crippen LogP contribution in [0.1, 0.15) is 39.4 Å². The zero-order chi connectivity index (χ0) is 13.9. The number of amides is 1. The summed E-state index contributed by atoms with van der Waals surface area (Å²) in [6.07, 6.45) is 5.92. The topological polar surface area (TPSA) is 41.6 Å². The normalized spacial score (nSPS) is 18.2. The number of rotatable bonds is 5. The molecule has 0 aromatic carbocycles. The number of aryl methyl sites for hydroxylation is 1. The summed E-state index contributed by atoms with van der Waals surface area (Å²) in [4.78, 5) is 16.8. The summed E-state index contributed by atoms with van der Waals surface area (Å²) in [7, 11) is 1.67. The maximum atomic E-state index is 12.3. The van der Waals surface area contributed by atoms with E-state index in [1.807, 2.05) is 0 Å². The van der Waals surface area contributed by atoms with E-state index in [2.05, 4.69) is 10.2 Å². The molecule has 0 spiro atoms. The van der Waals surface area contributed by atoms with Crippen molar-refractivity contribution in [2.75, 3.05) is 33.3 Å². The zero-order valence-electron chi connectivity index (χ0n) is 12.0. The van der Waals surface area contributed by atoms with Gasteiger partial charge in [-0.05, 0) is 45.2 Å². The molecule has 1 saturated heterocycles. The Labute approximate surface area is 124 Å². The zero-order valence-corrected chi connectivity index (χ0v) is 12.9. The van der Waals surface area contributed by atoms with Crippen molar-refractivity contribution in [2.45, 2.75) is 32.1 Å². The van der Waals surface area contributed by atoms with Crippen molar-refractivity contribution in [1.82, 2.24) is 10.2 Å². The molecule has 4 nitrogen and oxygen atoms in total. The third kappa shape index (κ3) is 2.69. The maximum Gasteiger partial charge on any atom is 0.265 e. The number of hydrogen-bond acceptors (Lipinski definition) is 4. The standard InChI is InChI=1S/C15H22N2O2S/c1-19-13-11-5-4-6-12(11)20-14(13)15(18)16-7-10-17-8-2-3-9-17/h2-10H2,1H3,(H,16,18). The monoisotopic (exact) mass is 294 g/mol. The SMILES string of the molecule is COc1c(C(=O)NCCN2CCCC2)sc2c1CCC2. The summed E-state index contributed by atoms with van der Waals surface area (Å²) in [5.74, 6) is 0.849. The molecule has 0 bridgehead atoms. The van der Waals surface area contributed by atoms with E-state index in [-0.39, 0.29) is 5.91 Å². The molecule has 1 aromatic rings.